The van der Waals surface area contributed by atoms with E-state index in [4.69, 9.17) is 0 Å². The summed E-state index contributed by atoms with van der Waals surface area (Å²) >= 11 is 3.43. The van der Waals surface area contributed by atoms with Gasteiger partial charge in [-0.05, 0) is 36.4 Å². The molecule has 0 spiro atoms. The number of hydrogen-bond donors (Lipinski definition) is 0. The topological polar surface area (TPSA) is 40.9 Å². The van der Waals surface area contributed by atoms with Gasteiger partial charge in [0.25, 0.3) is 0 Å². The van der Waals surface area contributed by atoms with Crippen molar-refractivity contribution in [3.05, 3.63) is 58.8 Å². The van der Waals surface area contributed by atoms with Crippen molar-refractivity contribution in [2.45, 2.75) is 6.04 Å². The van der Waals surface area contributed by atoms with Crippen LogP contribution in [0.2, 0.25) is 0 Å². The first-order chi connectivity index (χ1) is 8.84. The molecular formula is C13H11BrN4. The van der Waals surface area contributed by atoms with E-state index in [1.54, 1.807) is 6.20 Å². The molecule has 1 aliphatic rings. The van der Waals surface area contributed by atoms with E-state index in [2.05, 4.69) is 31.3 Å². The fourth-order valence-corrected chi connectivity index (χ4v) is 2.20. The molecule has 18 heavy (non-hydrogen) atoms. The number of benzene rings is 1. The molecule has 1 atom stereocenters. The zero-order chi connectivity index (χ0) is 12.4. The van der Waals surface area contributed by atoms with E-state index in [9.17, 15) is 0 Å². The molecule has 0 N–H and O–H groups in total. The lowest BCUT2D eigenvalue weighted by atomic mass is 10.1. The Balaban J connectivity index is 1.91. The van der Waals surface area contributed by atoms with Crippen LogP contribution in [0.15, 0.2) is 63.5 Å². The molecule has 0 saturated carbocycles. The Hall–Kier alpha value is -1.75. The van der Waals surface area contributed by atoms with Crippen LogP contribution in [0.1, 0.15) is 11.7 Å². The SMILES string of the molecule is Brc1ccc(N2N=NCC2c2ccccn2)cc1. The second-order valence-electron chi connectivity index (χ2n) is 4.00. The van der Waals surface area contributed by atoms with Gasteiger partial charge in [-0.2, -0.15) is 5.11 Å². The number of rotatable bonds is 2. The molecule has 90 valence electrons. The summed E-state index contributed by atoms with van der Waals surface area (Å²) in [6.07, 6.45) is 1.80. The lowest BCUT2D eigenvalue weighted by Crippen LogP contribution is -2.21. The molecule has 0 bridgehead atoms. The summed E-state index contributed by atoms with van der Waals surface area (Å²) in [5.41, 5.74) is 2.01. The molecule has 0 aliphatic carbocycles. The van der Waals surface area contributed by atoms with Gasteiger partial charge < -0.3 is 0 Å². The number of hydrogen-bond acceptors (Lipinski definition) is 4. The van der Waals surface area contributed by atoms with E-state index in [1.807, 2.05) is 47.5 Å². The minimum absolute atomic E-state index is 0.0902. The fourth-order valence-electron chi connectivity index (χ4n) is 1.94. The second-order valence-corrected chi connectivity index (χ2v) is 4.92. The lowest BCUT2D eigenvalue weighted by molar-refractivity contribution is 0.707. The molecule has 0 saturated heterocycles. The first-order valence-corrected chi connectivity index (χ1v) is 6.47. The molecule has 1 aliphatic heterocycles. The highest BCUT2D eigenvalue weighted by molar-refractivity contribution is 9.10. The average molecular weight is 303 g/mol. The van der Waals surface area contributed by atoms with Gasteiger partial charge in [0.15, 0.2) is 0 Å². The average Bonchev–Trinajstić information content (AvgIpc) is 2.90. The molecule has 2 heterocycles. The van der Waals surface area contributed by atoms with Crippen molar-refractivity contribution < 1.29 is 0 Å². The van der Waals surface area contributed by atoms with Gasteiger partial charge in [0.2, 0.25) is 0 Å². The first kappa shape index (κ1) is 11.3. The molecule has 4 nitrogen and oxygen atoms in total. The van der Waals surface area contributed by atoms with Crippen molar-refractivity contribution in [2.24, 2.45) is 10.3 Å². The van der Waals surface area contributed by atoms with Crippen molar-refractivity contribution in [2.75, 3.05) is 11.6 Å². The number of halogens is 1. The first-order valence-electron chi connectivity index (χ1n) is 5.68. The highest BCUT2D eigenvalue weighted by atomic mass is 79.9. The van der Waals surface area contributed by atoms with Gasteiger partial charge in [0.1, 0.15) is 6.04 Å². The minimum atomic E-state index is 0.0902. The number of pyridine rings is 1. The lowest BCUT2D eigenvalue weighted by Gasteiger charge is -2.21. The molecular weight excluding hydrogens is 292 g/mol. The summed E-state index contributed by atoms with van der Waals surface area (Å²) in [5, 5.41) is 10.2. The zero-order valence-corrected chi connectivity index (χ0v) is 11.2. The van der Waals surface area contributed by atoms with Crippen LogP contribution in [0.5, 0.6) is 0 Å². The van der Waals surface area contributed by atoms with Gasteiger partial charge in [-0.1, -0.05) is 27.2 Å². The van der Waals surface area contributed by atoms with E-state index < -0.39 is 0 Å². The van der Waals surface area contributed by atoms with E-state index >= 15 is 0 Å². The third kappa shape index (κ3) is 2.13. The van der Waals surface area contributed by atoms with Crippen molar-refractivity contribution in [1.29, 1.82) is 0 Å². The molecule has 1 aromatic heterocycles. The number of aromatic nitrogens is 1. The maximum absolute atomic E-state index is 4.38. The van der Waals surface area contributed by atoms with Crippen molar-refractivity contribution in [1.82, 2.24) is 4.98 Å². The van der Waals surface area contributed by atoms with Crippen LogP contribution in [-0.4, -0.2) is 11.5 Å². The standard InChI is InChI=1S/C13H11BrN4/c14-10-4-6-11(7-5-10)18-13(9-16-17-18)12-3-1-2-8-15-12/h1-8,13H,9H2. The van der Waals surface area contributed by atoms with Crippen LogP contribution in [0.25, 0.3) is 0 Å². The number of anilines is 1. The fraction of sp³-hybridized carbons (Fsp3) is 0.154. The summed E-state index contributed by atoms with van der Waals surface area (Å²) in [4.78, 5) is 4.38. The van der Waals surface area contributed by atoms with E-state index in [-0.39, 0.29) is 6.04 Å². The summed E-state index contributed by atoms with van der Waals surface area (Å²) in [6, 6.07) is 14.0. The van der Waals surface area contributed by atoms with Gasteiger partial charge in [0, 0.05) is 10.7 Å². The third-order valence-electron chi connectivity index (χ3n) is 2.83. The van der Waals surface area contributed by atoms with E-state index in [0.29, 0.717) is 6.54 Å². The minimum Gasteiger partial charge on any atom is -0.259 e. The molecule has 3 rings (SSSR count). The normalized spacial score (nSPS) is 18.3. The van der Waals surface area contributed by atoms with Crippen LogP contribution in [0, 0.1) is 0 Å². The Kier molecular flexibility index (Phi) is 3.06. The van der Waals surface area contributed by atoms with Crippen molar-refractivity contribution in [3.8, 4) is 0 Å². The highest BCUT2D eigenvalue weighted by Gasteiger charge is 2.26. The van der Waals surface area contributed by atoms with Gasteiger partial charge >= 0.3 is 0 Å². The Morgan fingerprint density at radius 1 is 1.11 bits per heavy atom. The molecule has 2 aromatic rings. The molecule has 1 aromatic carbocycles. The van der Waals surface area contributed by atoms with Gasteiger partial charge in [-0.15, -0.1) is 0 Å². The van der Waals surface area contributed by atoms with Crippen LogP contribution in [0.3, 0.4) is 0 Å². The quantitative estimate of drug-likeness (QED) is 0.847. The predicted molar refractivity (Wildman–Crippen MR) is 73.3 cm³/mol. The maximum atomic E-state index is 4.38. The van der Waals surface area contributed by atoms with Gasteiger partial charge in [-0.25, -0.2) is 5.01 Å². The molecule has 0 fully saturated rings. The Morgan fingerprint density at radius 2 is 1.94 bits per heavy atom. The Bertz CT molecular complexity index is 553. The summed E-state index contributed by atoms with van der Waals surface area (Å²) in [7, 11) is 0. The second kappa shape index (κ2) is 4.86. The summed E-state index contributed by atoms with van der Waals surface area (Å²) in [6.45, 7) is 0.646. The van der Waals surface area contributed by atoms with Crippen LogP contribution >= 0.6 is 15.9 Å². The summed E-state index contributed by atoms with van der Waals surface area (Å²) in [5.74, 6) is 0. The Labute approximate surface area is 113 Å². The molecule has 0 radical (unpaired) electrons. The summed E-state index contributed by atoms with van der Waals surface area (Å²) < 4.78 is 1.05. The maximum Gasteiger partial charge on any atom is 0.118 e. The largest absolute Gasteiger partial charge is 0.259 e. The van der Waals surface area contributed by atoms with Crippen molar-refractivity contribution in [3.63, 3.8) is 0 Å². The highest BCUT2D eigenvalue weighted by Crippen LogP contribution is 2.31. The van der Waals surface area contributed by atoms with Crippen LogP contribution < -0.4 is 5.01 Å². The number of nitrogens with zero attached hydrogens (tertiary/aromatic N) is 4. The monoisotopic (exact) mass is 302 g/mol. The van der Waals surface area contributed by atoms with E-state index in [1.165, 1.54) is 0 Å². The third-order valence-corrected chi connectivity index (χ3v) is 3.36. The molecule has 5 heteroatoms. The predicted octanol–water partition coefficient (Wildman–Crippen LogP) is 3.77. The Morgan fingerprint density at radius 3 is 2.67 bits per heavy atom. The molecule has 1 unspecified atom stereocenters. The van der Waals surface area contributed by atoms with Gasteiger partial charge in [0.05, 0.1) is 17.9 Å². The van der Waals surface area contributed by atoms with Gasteiger partial charge in [-0.3, -0.25) is 4.98 Å². The zero-order valence-electron chi connectivity index (χ0n) is 9.57. The van der Waals surface area contributed by atoms with Crippen LogP contribution in [0.4, 0.5) is 5.69 Å². The van der Waals surface area contributed by atoms with Crippen LogP contribution in [-0.2, 0) is 0 Å². The molecule has 0 amide bonds. The smallest absolute Gasteiger partial charge is 0.118 e. The van der Waals surface area contributed by atoms with E-state index in [0.717, 1.165) is 15.9 Å². The van der Waals surface area contributed by atoms with Crippen molar-refractivity contribution >= 4 is 21.6 Å².